The molecule has 39 heavy (non-hydrogen) atoms. The summed E-state index contributed by atoms with van der Waals surface area (Å²) in [5, 5.41) is 4.32. The Hall–Kier alpha value is -3.50. The Morgan fingerprint density at radius 2 is 1.97 bits per heavy atom. The maximum Gasteiger partial charge on any atom is 0.416 e. The minimum atomic E-state index is -4.76. The van der Waals surface area contributed by atoms with Gasteiger partial charge in [0.15, 0.2) is 0 Å². The monoisotopic (exact) mass is 543 g/mol. The number of hydrogen-bond donors (Lipinski definition) is 0. The number of hydrogen-bond acceptors (Lipinski definition) is 6. The van der Waals surface area contributed by atoms with E-state index in [0.717, 1.165) is 30.7 Å². The first kappa shape index (κ1) is 28.5. The Balaban J connectivity index is 2.07. The minimum absolute atomic E-state index is 0.212. The molecule has 0 saturated heterocycles. The Kier molecular flexibility index (Phi) is 8.27. The predicted molar refractivity (Wildman–Crippen MR) is 142 cm³/mol. The largest absolute Gasteiger partial charge is 0.468 e. The van der Waals surface area contributed by atoms with Crippen LogP contribution in [-0.4, -0.2) is 48.4 Å². The van der Waals surface area contributed by atoms with Gasteiger partial charge in [0.05, 0.1) is 49.6 Å². The van der Waals surface area contributed by atoms with Gasteiger partial charge in [0, 0.05) is 12.2 Å². The zero-order valence-corrected chi connectivity index (χ0v) is 22.5. The van der Waals surface area contributed by atoms with Gasteiger partial charge >= 0.3 is 12.1 Å². The van der Waals surface area contributed by atoms with Gasteiger partial charge in [0.2, 0.25) is 0 Å². The molecular weight excluding hydrogens is 511 g/mol. The summed E-state index contributed by atoms with van der Waals surface area (Å²) in [7, 11) is 1.15. The smallest absolute Gasteiger partial charge is 0.416 e. The molecule has 7 nitrogen and oxygen atoms in total. The molecule has 0 aliphatic carbocycles. The maximum atomic E-state index is 14.6. The molecule has 4 rings (SSSR count). The number of benzene rings is 2. The van der Waals surface area contributed by atoms with Crippen LogP contribution < -0.4 is 0 Å². The van der Waals surface area contributed by atoms with E-state index in [4.69, 9.17) is 14.2 Å². The summed E-state index contributed by atoms with van der Waals surface area (Å²) >= 11 is 0. The van der Waals surface area contributed by atoms with Crippen molar-refractivity contribution < 1.29 is 32.2 Å². The molecule has 1 aliphatic heterocycles. The third-order valence-electron chi connectivity index (χ3n) is 6.53. The SMILES string of the molecule is C=Nc1cnn(-c2ccc(C(F)(F)F)c(C(COC(C)(C)C)C(=O)OC)c2-c2ccc3c(c2)CCCOC3)c1. The van der Waals surface area contributed by atoms with Crippen molar-refractivity contribution in [2.45, 2.75) is 57.9 Å². The first-order valence-corrected chi connectivity index (χ1v) is 12.6. The normalized spacial score (nSPS) is 14.8. The highest BCUT2D eigenvalue weighted by Crippen LogP contribution is 2.44. The van der Waals surface area contributed by atoms with Gasteiger partial charge in [-0.05, 0) is 74.7 Å². The van der Waals surface area contributed by atoms with Crippen LogP contribution in [0.1, 0.15) is 55.4 Å². The number of carbonyl (C=O) groups excluding carboxylic acids is 1. The van der Waals surface area contributed by atoms with E-state index in [1.807, 2.05) is 12.1 Å². The van der Waals surface area contributed by atoms with Crippen LogP contribution in [0.4, 0.5) is 18.9 Å². The van der Waals surface area contributed by atoms with Gasteiger partial charge in [0.25, 0.3) is 0 Å². The van der Waals surface area contributed by atoms with Gasteiger partial charge in [-0.1, -0.05) is 18.2 Å². The number of methoxy groups -OCH3 is 1. The summed E-state index contributed by atoms with van der Waals surface area (Å²) < 4.78 is 61.8. The van der Waals surface area contributed by atoms with Crippen LogP contribution >= 0.6 is 0 Å². The molecule has 2 heterocycles. The molecule has 0 N–H and O–H groups in total. The van der Waals surface area contributed by atoms with Crippen LogP contribution in [0, 0.1) is 0 Å². The van der Waals surface area contributed by atoms with Crippen molar-refractivity contribution in [1.29, 1.82) is 0 Å². The number of carbonyl (C=O) groups is 1. The van der Waals surface area contributed by atoms with Crippen molar-refractivity contribution in [2.24, 2.45) is 4.99 Å². The fraction of sp³-hybridized carbons (Fsp3) is 0.414. The van der Waals surface area contributed by atoms with E-state index in [1.54, 1.807) is 33.0 Å². The summed E-state index contributed by atoms with van der Waals surface area (Å²) in [5.74, 6) is -2.20. The number of aliphatic imine (C=N–C) groups is 1. The van der Waals surface area contributed by atoms with E-state index < -0.39 is 29.2 Å². The second-order valence-electron chi connectivity index (χ2n) is 10.4. The summed E-state index contributed by atoms with van der Waals surface area (Å²) in [6, 6.07) is 7.82. The average Bonchev–Trinajstić information content (AvgIpc) is 3.24. The van der Waals surface area contributed by atoms with Crippen molar-refractivity contribution in [2.75, 3.05) is 20.3 Å². The second-order valence-corrected chi connectivity index (χ2v) is 10.4. The Labute approximate surface area is 225 Å². The standard InChI is InChI=1S/C29H32F3N3O4/c1-28(2,3)39-17-22(27(36)37-5)26-23(29(30,31)32)10-11-24(35-15-21(33-4)14-34-35)25(26)19-8-9-20-16-38-12-6-7-18(20)13-19/h8-11,13-15,22H,4,6-7,12,16-17H2,1-3,5H3. The highest BCUT2D eigenvalue weighted by molar-refractivity contribution is 5.87. The molecule has 1 unspecified atom stereocenters. The zero-order valence-electron chi connectivity index (χ0n) is 22.5. The minimum Gasteiger partial charge on any atom is -0.468 e. The van der Waals surface area contributed by atoms with E-state index >= 15 is 0 Å². The van der Waals surface area contributed by atoms with E-state index in [0.29, 0.717) is 36.6 Å². The lowest BCUT2D eigenvalue weighted by Gasteiger charge is -2.28. The first-order chi connectivity index (χ1) is 18.4. The number of aryl methyl sites for hydroxylation is 1. The Bertz CT molecular complexity index is 1360. The van der Waals surface area contributed by atoms with Crippen molar-refractivity contribution in [3.8, 4) is 16.8 Å². The van der Waals surface area contributed by atoms with Crippen LogP contribution in [0.5, 0.6) is 0 Å². The van der Waals surface area contributed by atoms with E-state index in [1.165, 1.54) is 16.9 Å². The van der Waals surface area contributed by atoms with Gasteiger partial charge in [0.1, 0.15) is 11.6 Å². The summed E-state index contributed by atoms with van der Waals surface area (Å²) in [6.45, 7) is 9.53. The van der Waals surface area contributed by atoms with Crippen molar-refractivity contribution >= 4 is 18.4 Å². The van der Waals surface area contributed by atoms with Gasteiger partial charge in [-0.25, -0.2) is 4.68 Å². The molecule has 0 saturated carbocycles. The predicted octanol–water partition coefficient (Wildman–Crippen LogP) is 6.42. The molecule has 0 bridgehead atoms. The molecule has 0 spiro atoms. The van der Waals surface area contributed by atoms with Crippen LogP contribution in [0.15, 0.2) is 47.7 Å². The molecule has 0 fully saturated rings. The first-order valence-electron chi connectivity index (χ1n) is 12.6. The highest BCUT2D eigenvalue weighted by atomic mass is 19.4. The lowest BCUT2D eigenvalue weighted by molar-refractivity contribution is -0.147. The third-order valence-corrected chi connectivity index (χ3v) is 6.53. The van der Waals surface area contributed by atoms with Crippen LogP contribution in [0.2, 0.25) is 0 Å². The number of esters is 1. The molecular formula is C29H32F3N3O4. The van der Waals surface area contributed by atoms with Crippen LogP contribution in [0.25, 0.3) is 16.8 Å². The summed E-state index contributed by atoms with van der Waals surface area (Å²) in [4.78, 5) is 17.0. The fourth-order valence-electron chi connectivity index (χ4n) is 4.68. The van der Waals surface area contributed by atoms with Gasteiger partial charge in [-0.15, -0.1) is 0 Å². The lowest BCUT2D eigenvalue weighted by Crippen LogP contribution is -2.29. The topological polar surface area (TPSA) is 74.9 Å². The van der Waals surface area contributed by atoms with Crippen molar-refractivity contribution in [1.82, 2.24) is 9.78 Å². The quantitative estimate of drug-likeness (QED) is 0.254. The molecule has 208 valence electrons. The van der Waals surface area contributed by atoms with E-state index in [9.17, 15) is 18.0 Å². The van der Waals surface area contributed by atoms with E-state index in [-0.39, 0.29) is 17.7 Å². The van der Waals surface area contributed by atoms with Crippen LogP contribution in [0.3, 0.4) is 0 Å². The number of alkyl halides is 3. The fourth-order valence-corrected chi connectivity index (χ4v) is 4.68. The third kappa shape index (κ3) is 6.39. The molecule has 1 atom stereocenters. The van der Waals surface area contributed by atoms with Gasteiger partial charge < -0.3 is 14.2 Å². The molecule has 0 radical (unpaired) electrons. The molecule has 0 amide bonds. The highest BCUT2D eigenvalue weighted by Gasteiger charge is 2.41. The van der Waals surface area contributed by atoms with Crippen molar-refractivity contribution in [3.63, 3.8) is 0 Å². The number of aromatic nitrogens is 2. The summed E-state index contributed by atoms with van der Waals surface area (Å²) in [6.07, 6.45) is -0.223. The zero-order chi connectivity index (χ0) is 28.4. The average molecular weight is 544 g/mol. The maximum absolute atomic E-state index is 14.6. The van der Waals surface area contributed by atoms with Gasteiger partial charge in [-0.3, -0.25) is 9.79 Å². The number of halogens is 3. The molecule has 3 aromatic rings. The molecule has 2 aromatic carbocycles. The number of ether oxygens (including phenoxy) is 3. The molecule has 1 aromatic heterocycles. The molecule has 10 heteroatoms. The number of fused-ring (bicyclic) bond motifs is 1. The van der Waals surface area contributed by atoms with Crippen molar-refractivity contribution in [3.05, 3.63) is 65.0 Å². The number of nitrogens with zero attached hydrogens (tertiary/aromatic N) is 3. The Morgan fingerprint density at radius 3 is 2.62 bits per heavy atom. The Morgan fingerprint density at radius 1 is 1.21 bits per heavy atom. The van der Waals surface area contributed by atoms with E-state index in [2.05, 4.69) is 16.8 Å². The molecule has 1 aliphatic rings. The van der Waals surface area contributed by atoms with Crippen LogP contribution in [-0.2, 0) is 38.2 Å². The number of rotatable bonds is 7. The van der Waals surface area contributed by atoms with Gasteiger partial charge in [-0.2, -0.15) is 18.3 Å². The summed E-state index contributed by atoms with van der Waals surface area (Å²) in [5.41, 5.74) is 1.59. The lowest BCUT2D eigenvalue weighted by atomic mass is 9.84. The second kappa shape index (κ2) is 11.3.